The van der Waals surface area contributed by atoms with E-state index in [9.17, 15) is 18.8 Å². The molecule has 1 heterocycles. The van der Waals surface area contributed by atoms with Gasteiger partial charge in [0.2, 0.25) is 11.8 Å². The highest BCUT2D eigenvalue weighted by atomic mass is 19.1. The van der Waals surface area contributed by atoms with E-state index in [1.54, 1.807) is 17.0 Å². The Morgan fingerprint density at radius 2 is 1.62 bits per heavy atom. The van der Waals surface area contributed by atoms with Gasteiger partial charge in [-0.3, -0.25) is 14.4 Å². The molecule has 1 aliphatic rings. The number of piperazine rings is 1. The van der Waals surface area contributed by atoms with Crippen LogP contribution in [-0.2, 0) is 9.59 Å². The largest absolute Gasteiger partial charge is 0.368 e. The molecule has 8 heteroatoms. The molecule has 2 aromatic carbocycles. The normalized spacial score (nSPS) is 13.8. The number of rotatable bonds is 6. The van der Waals surface area contributed by atoms with E-state index >= 15 is 0 Å². The van der Waals surface area contributed by atoms with Gasteiger partial charge in [0, 0.05) is 50.5 Å². The summed E-state index contributed by atoms with van der Waals surface area (Å²) < 4.78 is 13.9. The molecule has 1 N–H and O–H groups in total. The lowest BCUT2D eigenvalue weighted by Crippen LogP contribution is -2.49. The molecule has 1 aliphatic heterocycles. The molecule has 1 saturated heterocycles. The summed E-state index contributed by atoms with van der Waals surface area (Å²) in [6, 6.07) is 13.4. The standard InChI is InChI=1S/C24H29FN4O3/c1-17(2)29(18(3)30)16-23(31)26-19-8-10-20(11-9-19)27-12-14-28(15-13-27)24(32)21-6-4-5-7-22(21)25/h4-11,17H,12-16H2,1-3H3,(H,26,31). The van der Waals surface area contributed by atoms with E-state index in [2.05, 4.69) is 10.2 Å². The molecule has 0 atom stereocenters. The van der Waals surface area contributed by atoms with Crippen molar-refractivity contribution in [3.8, 4) is 0 Å². The lowest BCUT2D eigenvalue weighted by molar-refractivity contribution is -0.134. The summed E-state index contributed by atoms with van der Waals surface area (Å²) in [4.78, 5) is 41.8. The molecule has 0 unspecified atom stereocenters. The van der Waals surface area contributed by atoms with Gasteiger partial charge < -0.3 is 20.0 Å². The van der Waals surface area contributed by atoms with Crippen LogP contribution in [0.3, 0.4) is 0 Å². The third kappa shape index (κ3) is 5.63. The first kappa shape index (κ1) is 23.2. The van der Waals surface area contributed by atoms with Crippen molar-refractivity contribution in [2.45, 2.75) is 26.8 Å². The zero-order valence-electron chi connectivity index (χ0n) is 18.7. The third-order valence-electron chi connectivity index (χ3n) is 5.53. The molecule has 0 bridgehead atoms. The molecule has 3 amide bonds. The molecule has 0 spiro atoms. The molecular formula is C24H29FN4O3. The summed E-state index contributed by atoms with van der Waals surface area (Å²) in [7, 11) is 0. The predicted octanol–water partition coefficient (Wildman–Crippen LogP) is 2.98. The van der Waals surface area contributed by atoms with Crippen LogP contribution in [0.1, 0.15) is 31.1 Å². The zero-order valence-corrected chi connectivity index (χ0v) is 18.7. The second kappa shape index (κ2) is 10.3. The van der Waals surface area contributed by atoms with Crippen LogP contribution in [0.15, 0.2) is 48.5 Å². The van der Waals surface area contributed by atoms with Crippen molar-refractivity contribution in [1.29, 1.82) is 0 Å². The predicted molar refractivity (Wildman–Crippen MR) is 122 cm³/mol. The maximum absolute atomic E-state index is 13.9. The Balaban J connectivity index is 1.54. The van der Waals surface area contributed by atoms with Crippen LogP contribution in [0.2, 0.25) is 0 Å². The van der Waals surface area contributed by atoms with E-state index in [4.69, 9.17) is 0 Å². The Kier molecular flexibility index (Phi) is 7.45. The first-order valence-electron chi connectivity index (χ1n) is 10.7. The molecule has 7 nitrogen and oxygen atoms in total. The van der Waals surface area contributed by atoms with Gasteiger partial charge in [-0.1, -0.05) is 12.1 Å². The van der Waals surface area contributed by atoms with E-state index in [1.807, 2.05) is 38.1 Å². The number of hydrogen-bond acceptors (Lipinski definition) is 4. The molecule has 0 aromatic heterocycles. The van der Waals surface area contributed by atoms with Gasteiger partial charge in [0.15, 0.2) is 0 Å². The summed E-state index contributed by atoms with van der Waals surface area (Å²) in [5.41, 5.74) is 1.73. The first-order chi connectivity index (χ1) is 15.3. The van der Waals surface area contributed by atoms with Gasteiger partial charge in [-0.15, -0.1) is 0 Å². The minimum Gasteiger partial charge on any atom is -0.368 e. The van der Waals surface area contributed by atoms with Crippen LogP contribution in [-0.4, -0.2) is 66.3 Å². The van der Waals surface area contributed by atoms with Gasteiger partial charge in [0.05, 0.1) is 5.56 Å². The summed E-state index contributed by atoms with van der Waals surface area (Å²) in [6.45, 7) is 7.46. The fraction of sp³-hybridized carbons (Fsp3) is 0.375. The number of nitrogens with one attached hydrogen (secondary N) is 1. The average molecular weight is 441 g/mol. The van der Waals surface area contributed by atoms with E-state index in [1.165, 1.54) is 24.0 Å². The Hall–Kier alpha value is -3.42. The number of benzene rings is 2. The Morgan fingerprint density at radius 3 is 2.19 bits per heavy atom. The van der Waals surface area contributed by atoms with E-state index in [0.717, 1.165) is 5.69 Å². The van der Waals surface area contributed by atoms with Crippen molar-refractivity contribution in [3.63, 3.8) is 0 Å². The topological polar surface area (TPSA) is 73.0 Å². The van der Waals surface area contributed by atoms with Crippen LogP contribution in [0.4, 0.5) is 15.8 Å². The van der Waals surface area contributed by atoms with Gasteiger partial charge in [0.25, 0.3) is 5.91 Å². The molecule has 0 saturated carbocycles. The quantitative estimate of drug-likeness (QED) is 0.750. The maximum atomic E-state index is 13.9. The Labute approximate surface area is 187 Å². The molecule has 0 radical (unpaired) electrons. The van der Waals surface area contributed by atoms with Gasteiger partial charge in [-0.05, 0) is 50.2 Å². The van der Waals surface area contributed by atoms with Gasteiger partial charge in [-0.25, -0.2) is 4.39 Å². The fourth-order valence-corrected chi connectivity index (χ4v) is 3.74. The summed E-state index contributed by atoms with van der Waals surface area (Å²) in [5, 5.41) is 2.82. The molecule has 170 valence electrons. The van der Waals surface area contributed by atoms with Crippen LogP contribution < -0.4 is 10.2 Å². The first-order valence-corrected chi connectivity index (χ1v) is 10.7. The van der Waals surface area contributed by atoms with Crippen molar-refractivity contribution in [2.75, 3.05) is 42.9 Å². The Morgan fingerprint density at radius 1 is 1.00 bits per heavy atom. The number of carbonyl (C=O) groups is 3. The number of amides is 3. The molecule has 32 heavy (non-hydrogen) atoms. The van der Waals surface area contributed by atoms with E-state index < -0.39 is 5.82 Å². The van der Waals surface area contributed by atoms with Gasteiger partial charge in [0.1, 0.15) is 12.4 Å². The third-order valence-corrected chi connectivity index (χ3v) is 5.53. The molecular weight excluding hydrogens is 411 g/mol. The molecule has 0 aliphatic carbocycles. The van der Waals surface area contributed by atoms with Crippen molar-refractivity contribution in [2.24, 2.45) is 0 Å². The van der Waals surface area contributed by atoms with Crippen LogP contribution >= 0.6 is 0 Å². The molecule has 3 rings (SSSR count). The van der Waals surface area contributed by atoms with Crippen LogP contribution in [0.5, 0.6) is 0 Å². The van der Waals surface area contributed by atoms with Crippen molar-refractivity contribution >= 4 is 29.1 Å². The number of halogens is 1. The van der Waals surface area contributed by atoms with Crippen LogP contribution in [0.25, 0.3) is 0 Å². The maximum Gasteiger partial charge on any atom is 0.256 e. The second-order valence-electron chi connectivity index (χ2n) is 8.09. The highest BCUT2D eigenvalue weighted by Gasteiger charge is 2.24. The van der Waals surface area contributed by atoms with Gasteiger partial charge in [-0.2, -0.15) is 0 Å². The lowest BCUT2D eigenvalue weighted by atomic mass is 10.1. The highest BCUT2D eigenvalue weighted by Crippen LogP contribution is 2.21. The summed E-state index contributed by atoms with van der Waals surface area (Å²) in [5.74, 6) is -1.18. The number of carbonyl (C=O) groups excluding carboxylic acids is 3. The minimum absolute atomic E-state index is 0.00669. The monoisotopic (exact) mass is 440 g/mol. The molecule has 1 fully saturated rings. The van der Waals surface area contributed by atoms with E-state index in [0.29, 0.717) is 31.9 Å². The zero-order chi connectivity index (χ0) is 23.3. The molecule has 2 aromatic rings. The summed E-state index contributed by atoms with van der Waals surface area (Å²) in [6.07, 6.45) is 0. The van der Waals surface area contributed by atoms with Crippen molar-refractivity contribution in [3.05, 3.63) is 59.9 Å². The lowest BCUT2D eigenvalue weighted by Gasteiger charge is -2.36. The van der Waals surface area contributed by atoms with E-state index in [-0.39, 0.29) is 35.9 Å². The van der Waals surface area contributed by atoms with Crippen molar-refractivity contribution < 1.29 is 18.8 Å². The smallest absolute Gasteiger partial charge is 0.256 e. The van der Waals surface area contributed by atoms with Crippen molar-refractivity contribution in [1.82, 2.24) is 9.80 Å². The van der Waals surface area contributed by atoms with Gasteiger partial charge >= 0.3 is 0 Å². The van der Waals surface area contributed by atoms with Crippen LogP contribution in [0, 0.1) is 5.82 Å². The minimum atomic E-state index is -0.502. The number of anilines is 2. The SMILES string of the molecule is CC(=O)N(CC(=O)Nc1ccc(N2CCN(C(=O)c3ccccc3F)CC2)cc1)C(C)C. The average Bonchev–Trinajstić information content (AvgIpc) is 2.77. The Bertz CT molecular complexity index is 969. The fourth-order valence-electron chi connectivity index (χ4n) is 3.74. The number of hydrogen-bond donors (Lipinski definition) is 1. The number of nitrogens with zero attached hydrogens (tertiary/aromatic N) is 3. The highest BCUT2D eigenvalue weighted by molar-refractivity contribution is 5.95. The second-order valence-corrected chi connectivity index (χ2v) is 8.09. The summed E-state index contributed by atoms with van der Waals surface area (Å²) >= 11 is 0.